The zero-order chi connectivity index (χ0) is 15.0. The third-order valence-electron chi connectivity index (χ3n) is 4.82. The molecule has 1 fully saturated rings. The van der Waals surface area contributed by atoms with Crippen molar-refractivity contribution < 1.29 is 9.32 Å². The van der Waals surface area contributed by atoms with Crippen LogP contribution in [-0.4, -0.2) is 16.0 Å². The molecule has 0 bridgehead atoms. The number of carbonyl (C=O) groups excluding carboxylic acids is 1. The average molecular weight is 317 g/mol. The van der Waals surface area contributed by atoms with Crippen LogP contribution in [0.15, 0.2) is 16.1 Å². The molecular formula is C16H19N3O2S. The lowest BCUT2D eigenvalue weighted by atomic mass is 9.94. The van der Waals surface area contributed by atoms with E-state index in [1.807, 2.05) is 11.6 Å². The summed E-state index contributed by atoms with van der Waals surface area (Å²) >= 11 is 1.62. The van der Waals surface area contributed by atoms with Gasteiger partial charge in [-0.15, -0.1) is 11.3 Å². The number of thiazole rings is 1. The number of carbonyl (C=O) groups is 1. The maximum Gasteiger partial charge on any atom is 0.274 e. The molecule has 0 spiro atoms. The smallest absolute Gasteiger partial charge is 0.274 e. The van der Waals surface area contributed by atoms with Crippen molar-refractivity contribution in [3.63, 3.8) is 0 Å². The lowest BCUT2D eigenvalue weighted by Crippen LogP contribution is -2.44. The van der Waals surface area contributed by atoms with Crippen LogP contribution in [0.1, 0.15) is 65.3 Å². The van der Waals surface area contributed by atoms with Gasteiger partial charge in [0, 0.05) is 23.6 Å². The van der Waals surface area contributed by atoms with Gasteiger partial charge < -0.3 is 9.84 Å². The highest BCUT2D eigenvalue weighted by atomic mass is 32.1. The fraction of sp³-hybridized carbons (Fsp3) is 0.562. The van der Waals surface area contributed by atoms with E-state index in [0.717, 1.165) is 67.7 Å². The van der Waals surface area contributed by atoms with E-state index in [0.29, 0.717) is 5.69 Å². The predicted octanol–water partition coefficient (Wildman–Crippen LogP) is 3.21. The maximum absolute atomic E-state index is 12.8. The third-order valence-corrected chi connectivity index (χ3v) is 5.79. The van der Waals surface area contributed by atoms with Crippen molar-refractivity contribution in [2.45, 2.75) is 56.9 Å². The predicted molar refractivity (Wildman–Crippen MR) is 82.9 cm³/mol. The second-order valence-electron chi connectivity index (χ2n) is 6.22. The van der Waals surface area contributed by atoms with Crippen molar-refractivity contribution in [3.8, 4) is 0 Å². The van der Waals surface area contributed by atoms with Gasteiger partial charge in [0.05, 0.1) is 5.54 Å². The first-order valence-corrected chi connectivity index (χ1v) is 8.86. The molecule has 2 aliphatic carbocycles. The van der Waals surface area contributed by atoms with E-state index < -0.39 is 0 Å². The Morgan fingerprint density at radius 3 is 2.82 bits per heavy atom. The standard InChI is InChI=1S/C16H19N3O2S/c20-14(13-11-5-1-2-6-12(11)21-19-13)18-16(7-3-4-8-16)15-17-9-10-22-15/h9-10H,1-8H2,(H,18,20). The molecule has 6 heteroatoms. The Bertz CT molecular complexity index is 672. The van der Waals surface area contributed by atoms with Gasteiger partial charge in [-0.05, 0) is 32.1 Å². The zero-order valence-electron chi connectivity index (χ0n) is 12.4. The van der Waals surface area contributed by atoms with Gasteiger partial charge in [-0.3, -0.25) is 4.79 Å². The van der Waals surface area contributed by atoms with Crippen molar-refractivity contribution >= 4 is 17.2 Å². The molecule has 22 heavy (non-hydrogen) atoms. The van der Waals surface area contributed by atoms with E-state index in [2.05, 4.69) is 15.5 Å². The molecule has 116 valence electrons. The van der Waals surface area contributed by atoms with Crippen molar-refractivity contribution in [1.82, 2.24) is 15.5 Å². The number of hydrogen-bond donors (Lipinski definition) is 1. The van der Waals surface area contributed by atoms with E-state index in [4.69, 9.17) is 4.52 Å². The van der Waals surface area contributed by atoms with Crippen LogP contribution >= 0.6 is 11.3 Å². The van der Waals surface area contributed by atoms with Gasteiger partial charge >= 0.3 is 0 Å². The van der Waals surface area contributed by atoms with Gasteiger partial charge in [0.25, 0.3) is 5.91 Å². The molecule has 1 amide bonds. The molecule has 2 aromatic rings. The first kappa shape index (κ1) is 13.9. The molecule has 2 aromatic heterocycles. The first-order valence-electron chi connectivity index (χ1n) is 7.98. The summed E-state index contributed by atoms with van der Waals surface area (Å²) in [7, 11) is 0. The van der Waals surface area contributed by atoms with E-state index in [1.54, 1.807) is 11.3 Å². The van der Waals surface area contributed by atoms with Crippen LogP contribution in [0.3, 0.4) is 0 Å². The van der Waals surface area contributed by atoms with Gasteiger partial charge in [-0.2, -0.15) is 0 Å². The highest BCUT2D eigenvalue weighted by Gasteiger charge is 2.40. The Kier molecular flexibility index (Phi) is 3.48. The normalized spacial score (nSPS) is 19.8. The number of hydrogen-bond acceptors (Lipinski definition) is 5. The molecule has 1 N–H and O–H groups in total. The summed E-state index contributed by atoms with van der Waals surface area (Å²) in [4.78, 5) is 17.2. The molecule has 2 aliphatic rings. The lowest BCUT2D eigenvalue weighted by molar-refractivity contribution is 0.0888. The van der Waals surface area contributed by atoms with Gasteiger partial charge in [0.15, 0.2) is 5.69 Å². The number of rotatable bonds is 3. The fourth-order valence-electron chi connectivity index (χ4n) is 3.67. The molecular weight excluding hydrogens is 298 g/mol. The van der Waals surface area contributed by atoms with E-state index in [1.165, 1.54) is 0 Å². The second kappa shape index (κ2) is 5.50. The van der Waals surface area contributed by atoms with E-state index in [-0.39, 0.29) is 11.4 Å². The van der Waals surface area contributed by atoms with Gasteiger partial charge in [0.2, 0.25) is 0 Å². The largest absolute Gasteiger partial charge is 0.360 e. The Morgan fingerprint density at radius 2 is 2.05 bits per heavy atom. The molecule has 0 radical (unpaired) electrons. The van der Waals surface area contributed by atoms with Gasteiger partial charge in [-0.25, -0.2) is 4.98 Å². The lowest BCUT2D eigenvalue weighted by Gasteiger charge is -2.27. The van der Waals surface area contributed by atoms with Crippen molar-refractivity contribution in [1.29, 1.82) is 0 Å². The summed E-state index contributed by atoms with van der Waals surface area (Å²) in [6.07, 6.45) is 9.97. The van der Waals surface area contributed by atoms with Crippen molar-refractivity contribution in [2.24, 2.45) is 0 Å². The number of aryl methyl sites for hydroxylation is 1. The monoisotopic (exact) mass is 317 g/mol. The molecule has 1 saturated carbocycles. The van der Waals surface area contributed by atoms with Crippen LogP contribution in [0.25, 0.3) is 0 Å². The highest BCUT2D eigenvalue weighted by Crippen LogP contribution is 2.40. The van der Waals surface area contributed by atoms with Crippen LogP contribution in [0.4, 0.5) is 0 Å². The number of fused-ring (bicyclic) bond motifs is 1. The molecule has 0 saturated heterocycles. The van der Waals surface area contributed by atoms with Crippen LogP contribution in [0.2, 0.25) is 0 Å². The number of nitrogens with zero attached hydrogens (tertiary/aromatic N) is 2. The van der Waals surface area contributed by atoms with Gasteiger partial charge in [0.1, 0.15) is 10.8 Å². The third kappa shape index (κ3) is 2.26. The Hall–Kier alpha value is -1.69. The summed E-state index contributed by atoms with van der Waals surface area (Å²) in [5.74, 6) is 0.787. The molecule has 2 heterocycles. The fourth-order valence-corrected chi connectivity index (χ4v) is 4.52. The first-order chi connectivity index (χ1) is 10.8. The minimum absolute atomic E-state index is 0.107. The Labute approximate surface area is 133 Å². The van der Waals surface area contributed by atoms with E-state index in [9.17, 15) is 4.79 Å². The summed E-state index contributed by atoms with van der Waals surface area (Å²) in [5, 5.41) is 10.3. The summed E-state index contributed by atoms with van der Waals surface area (Å²) in [5.41, 5.74) is 1.18. The SMILES string of the molecule is O=C(NC1(c2nccs2)CCCC1)c1noc2c1CCCC2. The molecule has 0 aliphatic heterocycles. The topological polar surface area (TPSA) is 68.0 Å². The zero-order valence-corrected chi connectivity index (χ0v) is 13.2. The van der Waals surface area contributed by atoms with Crippen molar-refractivity contribution in [3.05, 3.63) is 33.6 Å². The summed E-state index contributed by atoms with van der Waals surface area (Å²) < 4.78 is 5.37. The van der Waals surface area contributed by atoms with Crippen LogP contribution in [-0.2, 0) is 18.4 Å². The second-order valence-corrected chi connectivity index (χ2v) is 7.12. The summed E-state index contributed by atoms with van der Waals surface area (Å²) in [6, 6.07) is 0. The molecule has 0 aromatic carbocycles. The number of aromatic nitrogens is 2. The minimum Gasteiger partial charge on any atom is -0.360 e. The van der Waals surface area contributed by atoms with Crippen LogP contribution in [0.5, 0.6) is 0 Å². The number of amides is 1. The van der Waals surface area contributed by atoms with Gasteiger partial charge in [-0.1, -0.05) is 18.0 Å². The summed E-state index contributed by atoms with van der Waals surface area (Å²) in [6.45, 7) is 0. The molecule has 0 atom stereocenters. The van der Waals surface area contributed by atoms with Crippen molar-refractivity contribution in [2.75, 3.05) is 0 Å². The highest BCUT2D eigenvalue weighted by molar-refractivity contribution is 7.09. The number of nitrogens with one attached hydrogen (secondary N) is 1. The molecule has 5 nitrogen and oxygen atoms in total. The quantitative estimate of drug-likeness (QED) is 0.944. The molecule has 0 unspecified atom stereocenters. The minimum atomic E-state index is -0.314. The average Bonchev–Trinajstić information content (AvgIpc) is 3.27. The molecule has 4 rings (SSSR count). The van der Waals surface area contributed by atoms with Crippen LogP contribution < -0.4 is 5.32 Å². The Balaban J connectivity index is 1.62. The van der Waals surface area contributed by atoms with Crippen LogP contribution in [0, 0.1) is 0 Å². The maximum atomic E-state index is 12.8. The van der Waals surface area contributed by atoms with E-state index >= 15 is 0 Å². The Morgan fingerprint density at radius 1 is 1.23 bits per heavy atom.